The van der Waals surface area contributed by atoms with Crippen LogP contribution in [0.1, 0.15) is 22.5 Å². The van der Waals surface area contributed by atoms with Crippen LogP contribution in [0.4, 0.5) is 5.69 Å². The fraction of sp³-hybridized carbons (Fsp3) is 0.333. The number of non-ortho nitro benzene ring substituents is 1. The molecule has 0 amide bonds. The molecule has 0 atom stereocenters. The summed E-state index contributed by atoms with van der Waals surface area (Å²) in [4.78, 5) is 10.3. The first kappa shape index (κ1) is 14.3. The molecule has 0 bridgehead atoms. The van der Waals surface area contributed by atoms with E-state index in [-0.39, 0.29) is 10.6 Å². The Hall–Kier alpha value is -2.14. The Morgan fingerprint density at radius 2 is 2.00 bits per heavy atom. The van der Waals surface area contributed by atoms with Crippen LogP contribution in [-0.4, -0.2) is 9.49 Å². The molecule has 106 valence electrons. The zero-order valence-corrected chi connectivity index (χ0v) is 12.0. The second-order valence-corrected chi connectivity index (χ2v) is 4.99. The number of nitrogens with zero attached hydrogens (tertiary/aromatic N) is 2. The molecule has 0 aliphatic rings. The van der Waals surface area contributed by atoms with Crippen molar-refractivity contribution in [3.05, 3.63) is 63.0 Å². The van der Waals surface area contributed by atoms with E-state index < -0.39 is 0 Å². The number of nitro groups is 1. The standard InChI is InChI=1S/C15H19N3O2/c1-11-7-14(12(2)17(11)3)10-16-9-13-5-4-6-15(8-13)18(19)20/h4-8,16H,9-10H2,1-3H3. The fourth-order valence-corrected chi connectivity index (χ4v) is 2.23. The van der Waals surface area contributed by atoms with Gasteiger partial charge in [-0.3, -0.25) is 10.1 Å². The smallest absolute Gasteiger partial charge is 0.269 e. The largest absolute Gasteiger partial charge is 0.352 e. The second-order valence-electron chi connectivity index (χ2n) is 4.99. The van der Waals surface area contributed by atoms with E-state index in [4.69, 9.17) is 0 Å². The molecule has 0 unspecified atom stereocenters. The van der Waals surface area contributed by atoms with Gasteiger partial charge < -0.3 is 9.88 Å². The lowest BCUT2D eigenvalue weighted by Gasteiger charge is -2.06. The summed E-state index contributed by atoms with van der Waals surface area (Å²) in [6.45, 7) is 5.56. The molecular formula is C15H19N3O2. The third-order valence-electron chi connectivity index (χ3n) is 3.65. The fourth-order valence-electron chi connectivity index (χ4n) is 2.23. The first-order valence-electron chi connectivity index (χ1n) is 6.55. The first-order chi connectivity index (χ1) is 9.49. The Balaban J connectivity index is 1.97. The summed E-state index contributed by atoms with van der Waals surface area (Å²) in [5, 5.41) is 14.0. The monoisotopic (exact) mass is 273 g/mol. The summed E-state index contributed by atoms with van der Waals surface area (Å²) in [5.74, 6) is 0. The van der Waals surface area contributed by atoms with E-state index in [9.17, 15) is 10.1 Å². The van der Waals surface area contributed by atoms with Crippen LogP contribution in [-0.2, 0) is 20.1 Å². The molecule has 1 N–H and O–H groups in total. The molecule has 0 spiro atoms. The lowest BCUT2D eigenvalue weighted by atomic mass is 10.2. The number of nitrogens with one attached hydrogen (secondary N) is 1. The van der Waals surface area contributed by atoms with Crippen LogP contribution >= 0.6 is 0 Å². The Bertz CT molecular complexity index is 632. The van der Waals surface area contributed by atoms with E-state index in [0.29, 0.717) is 6.54 Å². The topological polar surface area (TPSA) is 60.1 Å². The first-order valence-corrected chi connectivity index (χ1v) is 6.55. The maximum atomic E-state index is 10.7. The van der Waals surface area contributed by atoms with E-state index in [0.717, 1.165) is 12.1 Å². The minimum atomic E-state index is -0.367. The van der Waals surface area contributed by atoms with E-state index in [1.807, 2.05) is 6.07 Å². The van der Waals surface area contributed by atoms with Crippen LogP contribution in [0.2, 0.25) is 0 Å². The van der Waals surface area contributed by atoms with Crippen molar-refractivity contribution in [2.45, 2.75) is 26.9 Å². The lowest BCUT2D eigenvalue weighted by Crippen LogP contribution is -2.13. The zero-order chi connectivity index (χ0) is 14.7. The van der Waals surface area contributed by atoms with Gasteiger partial charge in [0.15, 0.2) is 0 Å². The third kappa shape index (κ3) is 3.05. The van der Waals surface area contributed by atoms with Crippen molar-refractivity contribution in [2.75, 3.05) is 0 Å². The van der Waals surface area contributed by atoms with Crippen molar-refractivity contribution in [1.29, 1.82) is 0 Å². The molecule has 0 saturated heterocycles. The highest BCUT2D eigenvalue weighted by molar-refractivity contribution is 5.34. The van der Waals surface area contributed by atoms with Crippen LogP contribution in [0.3, 0.4) is 0 Å². The summed E-state index contributed by atoms with van der Waals surface area (Å²) in [5.41, 5.74) is 4.79. The predicted octanol–water partition coefficient (Wildman–Crippen LogP) is 2.84. The van der Waals surface area contributed by atoms with Gasteiger partial charge in [-0.25, -0.2) is 0 Å². The molecule has 0 saturated carbocycles. The quantitative estimate of drug-likeness (QED) is 0.673. The van der Waals surface area contributed by atoms with Gasteiger partial charge in [0, 0.05) is 43.7 Å². The van der Waals surface area contributed by atoms with Gasteiger partial charge in [0.05, 0.1) is 4.92 Å². The molecule has 0 radical (unpaired) electrons. The van der Waals surface area contributed by atoms with Crippen molar-refractivity contribution in [1.82, 2.24) is 9.88 Å². The van der Waals surface area contributed by atoms with Crippen LogP contribution in [0, 0.1) is 24.0 Å². The summed E-state index contributed by atoms with van der Waals surface area (Å²) in [7, 11) is 2.05. The molecule has 5 nitrogen and oxygen atoms in total. The summed E-state index contributed by atoms with van der Waals surface area (Å²) in [6.07, 6.45) is 0. The summed E-state index contributed by atoms with van der Waals surface area (Å²) in [6, 6.07) is 8.89. The number of aromatic nitrogens is 1. The average molecular weight is 273 g/mol. The zero-order valence-electron chi connectivity index (χ0n) is 12.0. The molecule has 20 heavy (non-hydrogen) atoms. The van der Waals surface area contributed by atoms with Crippen LogP contribution in [0.5, 0.6) is 0 Å². The van der Waals surface area contributed by atoms with Crippen molar-refractivity contribution in [2.24, 2.45) is 7.05 Å². The molecule has 0 aliphatic carbocycles. The third-order valence-corrected chi connectivity index (χ3v) is 3.65. The number of hydrogen-bond acceptors (Lipinski definition) is 3. The van der Waals surface area contributed by atoms with Crippen LogP contribution in [0.15, 0.2) is 30.3 Å². The molecule has 5 heteroatoms. The van der Waals surface area contributed by atoms with Gasteiger partial charge >= 0.3 is 0 Å². The maximum absolute atomic E-state index is 10.7. The predicted molar refractivity (Wildman–Crippen MR) is 78.5 cm³/mol. The number of nitro benzene ring substituents is 1. The van der Waals surface area contributed by atoms with Gasteiger partial charge in [0.1, 0.15) is 0 Å². The minimum absolute atomic E-state index is 0.135. The number of benzene rings is 1. The molecule has 0 aliphatic heterocycles. The second kappa shape index (κ2) is 5.88. The highest BCUT2D eigenvalue weighted by Crippen LogP contribution is 2.15. The SMILES string of the molecule is Cc1cc(CNCc2cccc([N+](=O)[O-])c2)c(C)n1C. The molecule has 2 aromatic rings. The normalized spacial score (nSPS) is 10.8. The van der Waals surface area contributed by atoms with Crippen molar-refractivity contribution < 1.29 is 4.92 Å². The number of rotatable bonds is 5. The van der Waals surface area contributed by atoms with Gasteiger partial charge in [-0.2, -0.15) is 0 Å². The highest BCUT2D eigenvalue weighted by Gasteiger charge is 2.07. The van der Waals surface area contributed by atoms with Crippen molar-refractivity contribution >= 4 is 5.69 Å². The summed E-state index contributed by atoms with van der Waals surface area (Å²) < 4.78 is 2.16. The van der Waals surface area contributed by atoms with E-state index >= 15 is 0 Å². The maximum Gasteiger partial charge on any atom is 0.269 e. The molecule has 0 fully saturated rings. The van der Waals surface area contributed by atoms with Gasteiger partial charge in [0.2, 0.25) is 0 Å². The van der Waals surface area contributed by atoms with Gasteiger partial charge in [-0.1, -0.05) is 12.1 Å². The van der Waals surface area contributed by atoms with Crippen LogP contribution < -0.4 is 5.32 Å². The van der Waals surface area contributed by atoms with Crippen LogP contribution in [0.25, 0.3) is 0 Å². The highest BCUT2D eigenvalue weighted by atomic mass is 16.6. The Labute approximate surface area is 118 Å². The lowest BCUT2D eigenvalue weighted by molar-refractivity contribution is -0.384. The molecule has 2 rings (SSSR count). The Kier molecular flexibility index (Phi) is 4.20. The number of hydrogen-bond donors (Lipinski definition) is 1. The minimum Gasteiger partial charge on any atom is -0.352 e. The van der Waals surface area contributed by atoms with Gasteiger partial charge in [-0.05, 0) is 31.0 Å². The van der Waals surface area contributed by atoms with E-state index in [2.05, 4.69) is 36.8 Å². The van der Waals surface area contributed by atoms with E-state index in [1.54, 1.807) is 12.1 Å². The van der Waals surface area contributed by atoms with E-state index in [1.165, 1.54) is 23.0 Å². The Morgan fingerprint density at radius 3 is 2.60 bits per heavy atom. The summed E-state index contributed by atoms with van der Waals surface area (Å²) >= 11 is 0. The average Bonchev–Trinajstić information content (AvgIpc) is 2.67. The molecule has 1 aromatic carbocycles. The molecule has 1 heterocycles. The van der Waals surface area contributed by atoms with Crippen molar-refractivity contribution in [3.8, 4) is 0 Å². The van der Waals surface area contributed by atoms with Gasteiger partial charge in [0.25, 0.3) is 5.69 Å². The Morgan fingerprint density at radius 1 is 1.25 bits per heavy atom. The number of aryl methyl sites for hydroxylation is 1. The molecule has 1 aromatic heterocycles. The van der Waals surface area contributed by atoms with Gasteiger partial charge in [-0.15, -0.1) is 0 Å². The molecular weight excluding hydrogens is 254 g/mol. The van der Waals surface area contributed by atoms with Crippen molar-refractivity contribution in [3.63, 3.8) is 0 Å².